The molecule has 1 aromatic carbocycles. The van der Waals surface area contributed by atoms with E-state index in [9.17, 15) is 10.1 Å². The minimum Gasteiger partial charge on any atom is -0.264 e. The normalized spacial score (nSPS) is 34.1. The summed E-state index contributed by atoms with van der Waals surface area (Å²) in [4.78, 5) is 12.2. The van der Waals surface area contributed by atoms with Crippen molar-refractivity contribution in [1.82, 2.24) is 0 Å². The molecule has 3 rings (SSSR count). The van der Waals surface area contributed by atoms with Crippen LogP contribution < -0.4 is 0 Å². The molecule has 0 amide bonds. The van der Waals surface area contributed by atoms with Crippen LogP contribution in [0, 0.1) is 22.0 Å². The van der Waals surface area contributed by atoms with Crippen molar-refractivity contribution in [2.75, 3.05) is 0 Å². The minimum atomic E-state index is -0.407. The fraction of sp³-hybridized carbons (Fsp3) is 0.385. The van der Waals surface area contributed by atoms with Crippen molar-refractivity contribution < 1.29 is 4.92 Å². The Morgan fingerprint density at radius 1 is 1.18 bits per heavy atom. The molecule has 0 unspecified atom stereocenters. The van der Waals surface area contributed by atoms with Gasteiger partial charge < -0.3 is 0 Å². The lowest BCUT2D eigenvalue weighted by molar-refractivity contribution is -0.525. The highest BCUT2D eigenvalue weighted by molar-refractivity contribution is 8.00. The van der Waals surface area contributed by atoms with Crippen LogP contribution in [0.1, 0.15) is 6.42 Å². The topological polar surface area (TPSA) is 43.1 Å². The van der Waals surface area contributed by atoms with Gasteiger partial charge in [0.2, 0.25) is 6.04 Å². The molecule has 1 aromatic rings. The Kier molecular flexibility index (Phi) is 2.67. The van der Waals surface area contributed by atoms with Gasteiger partial charge in [0.25, 0.3) is 0 Å². The van der Waals surface area contributed by atoms with Gasteiger partial charge in [0.05, 0.1) is 5.25 Å². The first-order valence-electron chi connectivity index (χ1n) is 5.79. The number of thioether (sulfide) groups is 1. The van der Waals surface area contributed by atoms with Crippen LogP contribution >= 0.6 is 11.8 Å². The molecule has 1 saturated carbocycles. The van der Waals surface area contributed by atoms with Crippen molar-refractivity contribution in [2.45, 2.75) is 22.6 Å². The van der Waals surface area contributed by atoms with Crippen molar-refractivity contribution in [3.8, 4) is 0 Å². The number of fused-ring (bicyclic) bond motifs is 2. The van der Waals surface area contributed by atoms with Gasteiger partial charge in [0.15, 0.2) is 0 Å². The van der Waals surface area contributed by atoms with E-state index in [1.807, 2.05) is 36.4 Å². The molecule has 2 aliphatic rings. The Bertz CT molecular complexity index is 460. The first-order valence-corrected chi connectivity index (χ1v) is 6.67. The standard InChI is InChI=1S/C13H13NO2S/c15-14(16)12-9-6-7-10(8-9)13(12)17-11-4-2-1-3-5-11/h1-7,9-10,12-13H,8H2/t9-,10+,12-,13-/m1/s1. The maximum absolute atomic E-state index is 11.2. The molecule has 0 N–H and O–H groups in total. The maximum Gasteiger partial charge on any atom is 0.231 e. The molecule has 17 heavy (non-hydrogen) atoms. The van der Waals surface area contributed by atoms with Crippen LogP contribution in [0.3, 0.4) is 0 Å². The largest absolute Gasteiger partial charge is 0.264 e. The molecule has 0 saturated heterocycles. The monoisotopic (exact) mass is 247 g/mol. The van der Waals surface area contributed by atoms with Gasteiger partial charge in [-0.3, -0.25) is 10.1 Å². The molecule has 2 bridgehead atoms. The van der Waals surface area contributed by atoms with Gasteiger partial charge in [0, 0.05) is 15.7 Å². The second kappa shape index (κ2) is 4.18. The lowest BCUT2D eigenvalue weighted by Crippen LogP contribution is -2.34. The number of nitrogens with zero attached hydrogens (tertiary/aromatic N) is 1. The molecular formula is C13H13NO2S. The van der Waals surface area contributed by atoms with Crippen molar-refractivity contribution in [3.05, 3.63) is 52.6 Å². The van der Waals surface area contributed by atoms with Gasteiger partial charge >= 0.3 is 0 Å². The maximum atomic E-state index is 11.2. The lowest BCUT2D eigenvalue weighted by atomic mass is 10.0. The number of hydrogen-bond acceptors (Lipinski definition) is 3. The van der Waals surface area contributed by atoms with Crippen LogP contribution in [-0.4, -0.2) is 16.2 Å². The van der Waals surface area contributed by atoms with Crippen molar-refractivity contribution in [1.29, 1.82) is 0 Å². The molecule has 4 heteroatoms. The highest BCUT2D eigenvalue weighted by atomic mass is 32.2. The molecule has 4 atom stereocenters. The Morgan fingerprint density at radius 3 is 2.59 bits per heavy atom. The third kappa shape index (κ3) is 1.86. The summed E-state index contributed by atoms with van der Waals surface area (Å²) in [6.07, 6.45) is 5.14. The quantitative estimate of drug-likeness (QED) is 0.468. The smallest absolute Gasteiger partial charge is 0.231 e. The van der Waals surface area contributed by atoms with Crippen molar-refractivity contribution in [2.24, 2.45) is 11.8 Å². The Balaban J connectivity index is 1.83. The summed E-state index contributed by atoms with van der Waals surface area (Å²) in [6, 6.07) is 9.57. The highest BCUT2D eigenvalue weighted by Gasteiger charge is 2.52. The zero-order valence-corrected chi connectivity index (χ0v) is 10.0. The van der Waals surface area contributed by atoms with Gasteiger partial charge in [-0.2, -0.15) is 0 Å². The van der Waals surface area contributed by atoms with Crippen LogP contribution in [0.25, 0.3) is 0 Å². The van der Waals surface area contributed by atoms with Crippen molar-refractivity contribution in [3.63, 3.8) is 0 Å². The molecule has 88 valence electrons. The van der Waals surface area contributed by atoms with E-state index in [4.69, 9.17) is 0 Å². The van der Waals surface area contributed by atoms with E-state index in [1.165, 1.54) is 0 Å². The van der Waals surface area contributed by atoms with Crippen LogP contribution in [0.4, 0.5) is 0 Å². The Morgan fingerprint density at radius 2 is 1.88 bits per heavy atom. The molecule has 0 spiro atoms. The summed E-state index contributed by atoms with van der Waals surface area (Å²) in [5.41, 5.74) is 0. The fourth-order valence-corrected chi connectivity index (χ4v) is 4.29. The summed E-state index contributed by atoms with van der Waals surface area (Å²) < 4.78 is 0. The zero-order valence-electron chi connectivity index (χ0n) is 9.23. The van der Waals surface area contributed by atoms with E-state index in [0.29, 0.717) is 5.92 Å². The Hall–Kier alpha value is -1.29. The summed E-state index contributed by atoms with van der Waals surface area (Å²) in [5.74, 6) is 0.525. The van der Waals surface area contributed by atoms with Crippen LogP contribution in [-0.2, 0) is 0 Å². The Labute approximate surface area is 104 Å². The van der Waals surface area contributed by atoms with E-state index in [0.717, 1.165) is 11.3 Å². The van der Waals surface area contributed by atoms with Crippen molar-refractivity contribution >= 4 is 11.8 Å². The molecule has 0 aromatic heterocycles. The van der Waals surface area contributed by atoms with E-state index in [2.05, 4.69) is 6.08 Å². The third-order valence-electron chi connectivity index (χ3n) is 3.61. The van der Waals surface area contributed by atoms with E-state index in [1.54, 1.807) is 11.8 Å². The molecule has 2 aliphatic carbocycles. The predicted molar refractivity (Wildman–Crippen MR) is 67.6 cm³/mol. The minimum absolute atomic E-state index is 0.0885. The van der Waals surface area contributed by atoms with Gasteiger partial charge in [0.1, 0.15) is 0 Å². The molecule has 1 fully saturated rings. The van der Waals surface area contributed by atoms with Gasteiger partial charge in [-0.05, 0) is 24.5 Å². The second-order valence-corrected chi connectivity index (χ2v) is 5.87. The molecular weight excluding hydrogens is 234 g/mol. The first-order chi connectivity index (χ1) is 8.25. The summed E-state index contributed by atoms with van der Waals surface area (Å²) in [5, 5.41) is 11.2. The molecule has 0 heterocycles. The third-order valence-corrected chi connectivity index (χ3v) is 5.05. The van der Waals surface area contributed by atoms with Gasteiger partial charge in [-0.1, -0.05) is 30.4 Å². The van der Waals surface area contributed by atoms with Crippen LogP contribution in [0.2, 0.25) is 0 Å². The van der Waals surface area contributed by atoms with Gasteiger partial charge in [-0.15, -0.1) is 11.8 Å². The summed E-state index contributed by atoms with van der Waals surface area (Å²) in [6.45, 7) is 0. The average Bonchev–Trinajstić information content (AvgIpc) is 2.90. The number of benzene rings is 1. The van der Waals surface area contributed by atoms with E-state index < -0.39 is 6.04 Å². The zero-order chi connectivity index (χ0) is 11.8. The van der Waals surface area contributed by atoms with E-state index in [-0.39, 0.29) is 16.1 Å². The number of rotatable bonds is 3. The fourth-order valence-electron chi connectivity index (χ4n) is 2.84. The summed E-state index contributed by atoms with van der Waals surface area (Å²) in [7, 11) is 0. The van der Waals surface area contributed by atoms with Gasteiger partial charge in [-0.25, -0.2) is 0 Å². The van der Waals surface area contributed by atoms with E-state index >= 15 is 0 Å². The van der Waals surface area contributed by atoms with Crippen LogP contribution in [0.5, 0.6) is 0 Å². The molecule has 0 radical (unpaired) electrons. The predicted octanol–water partition coefficient (Wildman–Crippen LogP) is 3.00. The number of nitro groups is 1. The lowest BCUT2D eigenvalue weighted by Gasteiger charge is -2.21. The number of allylic oxidation sites excluding steroid dienone is 1. The number of hydrogen-bond donors (Lipinski definition) is 0. The molecule has 0 aliphatic heterocycles. The highest BCUT2D eigenvalue weighted by Crippen LogP contribution is 2.48. The SMILES string of the molecule is O=[N+]([O-])[C@H]1[C@H](Sc2ccccc2)[C@H]2C=C[C@@H]1C2. The second-order valence-electron chi connectivity index (χ2n) is 4.62. The average molecular weight is 247 g/mol. The molecule has 3 nitrogen and oxygen atoms in total. The first kappa shape index (κ1) is 10.8. The van der Waals surface area contributed by atoms with Crippen LogP contribution in [0.15, 0.2) is 47.4 Å². The summed E-state index contributed by atoms with van der Waals surface area (Å²) >= 11 is 1.66.